The van der Waals surface area contributed by atoms with Gasteiger partial charge in [-0.2, -0.15) is 0 Å². The molecule has 2 unspecified atom stereocenters. The highest BCUT2D eigenvalue weighted by Crippen LogP contribution is 2.32. The Hall–Kier alpha value is -0.460. The topological polar surface area (TPSA) is 24.9 Å². The molecule has 4 heteroatoms. The molecular formula is C13H15IN2S. The molecule has 2 nitrogen and oxygen atoms in total. The highest BCUT2D eigenvalue weighted by Gasteiger charge is 2.20. The largest absolute Gasteiger partial charge is 0.312 e. The van der Waals surface area contributed by atoms with Crippen LogP contribution in [0.1, 0.15) is 30.1 Å². The number of pyridine rings is 1. The molecule has 2 heterocycles. The van der Waals surface area contributed by atoms with Crippen molar-refractivity contribution in [2.75, 3.05) is 7.05 Å². The molecular weight excluding hydrogens is 343 g/mol. The minimum Gasteiger partial charge on any atom is -0.312 e. The molecule has 0 amide bonds. The maximum Gasteiger partial charge on any atom is 0.0656 e. The molecule has 0 saturated carbocycles. The summed E-state index contributed by atoms with van der Waals surface area (Å²) in [6.07, 6.45) is 1.86. The molecule has 0 aliphatic carbocycles. The number of hydrogen-bond acceptors (Lipinski definition) is 3. The van der Waals surface area contributed by atoms with Gasteiger partial charge in [0.25, 0.3) is 0 Å². The van der Waals surface area contributed by atoms with E-state index in [2.05, 4.69) is 57.3 Å². The minimum atomic E-state index is 0.324. The fraction of sp³-hybridized carbons (Fsp3) is 0.308. The fourth-order valence-corrected chi connectivity index (χ4v) is 3.42. The van der Waals surface area contributed by atoms with Crippen molar-refractivity contribution >= 4 is 33.9 Å². The summed E-state index contributed by atoms with van der Waals surface area (Å²) in [5.41, 5.74) is 2.48. The van der Waals surface area contributed by atoms with E-state index < -0.39 is 0 Å². The molecule has 0 fully saturated rings. The van der Waals surface area contributed by atoms with Crippen molar-refractivity contribution in [2.45, 2.75) is 18.9 Å². The maximum atomic E-state index is 4.44. The van der Waals surface area contributed by atoms with E-state index >= 15 is 0 Å². The van der Waals surface area contributed by atoms with Gasteiger partial charge in [0.1, 0.15) is 0 Å². The summed E-state index contributed by atoms with van der Waals surface area (Å²) in [5, 5.41) is 5.62. The minimum absolute atomic E-state index is 0.324. The Kier molecular flexibility index (Phi) is 4.53. The van der Waals surface area contributed by atoms with E-state index in [9.17, 15) is 0 Å². The normalized spacial score (nSPS) is 14.5. The lowest BCUT2D eigenvalue weighted by molar-refractivity contribution is 0.500. The first kappa shape index (κ1) is 13.0. The van der Waals surface area contributed by atoms with Crippen LogP contribution in [0, 0.1) is 2.88 Å². The zero-order valence-corrected chi connectivity index (χ0v) is 12.8. The second-order valence-electron chi connectivity index (χ2n) is 3.99. The SMILES string of the molecule is CNC(c1csc(I)c1)C(C)c1ccccn1. The van der Waals surface area contributed by atoms with Crippen molar-refractivity contribution in [1.82, 2.24) is 10.3 Å². The lowest BCUT2D eigenvalue weighted by Crippen LogP contribution is -2.22. The number of halogens is 1. The molecule has 0 bridgehead atoms. The van der Waals surface area contributed by atoms with E-state index in [0.717, 1.165) is 5.69 Å². The van der Waals surface area contributed by atoms with E-state index in [4.69, 9.17) is 0 Å². The van der Waals surface area contributed by atoms with Crippen LogP contribution in [-0.2, 0) is 0 Å². The first-order chi connectivity index (χ1) is 8.22. The molecule has 0 saturated heterocycles. The fourth-order valence-electron chi connectivity index (χ4n) is 2.01. The molecule has 0 aliphatic heterocycles. The summed E-state index contributed by atoms with van der Waals surface area (Å²) in [4.78, 5) is 4.44. The third-order valence-electron chi connectivity index (χ3n) is 2.91. The van der Waals surface area contributed by atoms with Gasteiger partial charge in [-0.1, -0.05) is 13.0 Å². The predicted octanol–water partition coefficient (Wildman–Crippen LogP) is 3.81. The lowest BCUT2D eigenvalue weighted by atomic mass is 9.93. The van der Waals surface area contributed by atoms with E-state index in [1.165, 1.54) is 8.45 Å². The Bertz CT molecular complexity index is 469. The third kappa shape index (κ3) is 3.05. The van der Waals surface area contributed by atoms with Crippen LogP contribution in [0.25, 0.3) is 0 Å². The number of nitrogens with zero attached hydrogens (tertiary/aromatic N) is 1. The molecule has 0 radical (unpaired) electrons. The molecule has 90 valence electrons. The van der Waals surface area contributed by atoms with Gasteiger partial charge < -0.3 is 5.32 Å². The third-order valence-corrected chi connectivity index (χ3v) is 4.72. The van der Waals surface area contributed by atoms with Crippen LogP contribution in [-0.4, -0.2) is 12.0 Å². The Balaban J connectivity index is 2.25. The van der Waals surface area contributed by atoms with Gasteiger partial charge in [-0.25, -0.2) is 0 Å². The van der Waals surface area contributed by atoms with Crippen LogP contribution >= 0.6 is 33.9 Å². The molecule has 2 rings (SSSR count). The number of aromatic nitrogens is 1. The maximum absolute atomic E-state index is 4.44. The van der Waals surface area contributed by atoms with Gasteiger partial charge in [0, 0.05) is 23.9 Å². The van der Waals surface area contributed by atoms with Crippen molar-refractivity contribution in [3.63, 3.8) is 0 Å². The molecule has 2 aromatic heterocycles. The van der Waals surface area contributed by atoms with E-state index in [1.54, 1.807) is 11.3 Å². The predicted molar refractivity (Wildman–Crippen MR) is 81.5 cm³/mol. The number of nitrogens with one attached hydrogen (secondary N) is 1. The Morgan fingerprint density at radius 2 is 2.24 bits per heavy atom. The highest BCUT2D eigenvalue weighted by atomic mass is 127. The van der Waals surface area contributed by atoms with Crippen LogP contribution in [0.3, 0.4) is 0 Å². The van der Waals surface area contributed by atoms with Crippen molar-refractivity contribution < 1.29 is 0 Å². The molecule has 0 aliphatic rings. The molecule has 0 spiro atoms. The smallest absolute Gasteiger partial charge is 0.0656 e. The highest BCUT2D eigenvalue weighted by molar-refractivity contribution is 14.1. The summed E-state index contributed by atoms with van der Waals surface area (Å²) in [5.74, 6) is 0.367. The number of hydrogen-bond donors (Lipinski definition) is 1. The van der Waals surface area contributed by atoms with Crippen molar-refractivity contribution in [3.05, 3.63) is 50.0 Å². The summed E-state index contributed by atoms with van der Waals surface area (Å²) in [6.45, 7) is 2.22. The number of thiophene rings is 1. The average molecular weight is 358 g/mol. The first-order valence-corrected chi connectivity index (χ1v) is 7.50. The Labute approximate surface area is 120 Å². The summed E-state index contributed by atoms with van der Waals surface area (Å²) in [6, 6.07) is 8.66. The van der Waals surface area contributed by atoms with Crippen LogP contribution in [0.2, 0.25) is 0 Å². The van der Waals surface area contributed by atoms with Crippen molar-refractivity contribution in [3.8, 4) is 0 Å². The summed E-state index contributed by atoms with van der Waals surface area (Å²) < 4.78 is 1.33. The van der Waals surface area contributed by atoms with Gasteiger partial charge in [0.05, 0.1) is 2.88 Å². The number of rotatable bonds is 4. The lowest BCUT2D eigenvalue weighted by Gasteiger charge is -2.22. The quantitative estimate of drug-likeness (QED) is 0.841. The molecule has 17 heavy (non-hydrogen) atoms. The van der Waals surface area contributed by atoms with E-state index in [-0.39, 0.29) is 0 Å². The van der Waals surface area contributed by atoms with E-state index in [1.807, 2.05) is 25.4 Å². The molecule has 0 aromatic carbocycles. The second kappa shape index (κ2) is 5.93. The first-order valence-electron chi connectivity index (χ1n) is 5.54. The van der Waals surface area contributed by atoms with Crippen LogP contribution in [0.4, 0.5) is 0 Å². The molecule has 1 N–H and O–H groups in total. The summed E-state index contributed by atoms with van der Waals surface area (Å²) in [7, 11) is 2.01. The molecule has 2 aromatic rings. The van der Waals surface area contributed by atoms with Gasteiger partial charge in [-0.3, -0.25) is 4.98 Å². The van der Waals surface area contributed by atoms with Gasteiger partial charge in [-0.15, -0.1) is 11.3 Å². The van der Waals surface area contributed by atoms with Crippen LogP contribution in [0.5, 0.6) is 0 Å². The second-order valence-corrected chi connectivity index (χ2v) is 6.80. The van der Waals surface area contributed by atoms with Crippen molar-refractivity contribution in [2.24, 2.45) is 0 Å². The van der Waals surface area contributed by atoms with E-state index in [0.29, 0.717) is 12.0 Å². The van der Waals surface area contributed by atoms with Gasteiger partial charge >= 0.3 is 0 Å². The van der Waals surface area contributed by atoms with Gasteiger partial charge in [0.15, 0.2) is 0 Å². The Morgan fingerprint density at radius 3 is 2.76 bits per heavy atom. The van der Waals surface area contributed by atoms with Gasteiger partial charge in [0.2, 0.25) is 0 Å². The van der Waals surface area contributed by atoms with Crippen LogP contribution in [0.15, 0.2) is 35.8 Å². The average Bonchev–Trinajstić information content (AvgIpc) is 2.78. The zero-order valence-electron chi connectivity index (χ0n) is 9.85. The monoisotopic (exact) mass is 358 g/mol. The van der Waals surface area contributed by atoms with Gasteiger partial charge in [-0.05, 0) is 58.8 Å². The van der Waals surface area contributed by atoms with Crippen LogP contribution < -0.4 is 5.32 Å². The standard InChI is InChI=1S/C13H15IN2S/c1-9(11-5-3-4-6-16-11)13(15-2)10-7-12(14)17-8-10/h3-9,13,15H,1-2H3. The summed E-state index contributed by atoms with van der Waals surface area (Å²) >= 11 is 4.15. The Morgan fingerprint density at radius 1 is 1.41 bits per heavy atom. The molecule has 2 atom stereocenters. The zero-order chi connectivity index (χ0) is 12.3. The van der Waals surface area contributed by atoms with Crippen molar-refractivity contribution in [1.29, 1.82) is 0 Å². The number of likely N-dealkylation sites (N-methyl/N-ethyl adjacent to an activating group) is 1.